The van der Waals surface area contributed by atoms with E-state index in [9.17, 15) is 0 Å². The van der Waals surface area contributed by atoms with Crippen molar-refractivity contribution in [3.63, 3.8) is 0 Å². The van der Waals surface area contributed by atoms with Gasteiger partial charge in [0.15, 0.2) is 6.20 Å². The molecule has 0 bridgehead atoms. The van der Waals surface area contributed by atoms with Gasteiger partial charge in [-0.25, -0.2) is 4.57 Å². The number of aromatic nitrogens is 2. The Bertz CT molecular complexity index is 477. The predicted octanol–water partition coefficient (Wildman–Crippen LogP) is -1.24. The second-order valence-electron chi connectivity index (χ2n) is 3.73. The van der Waals surface area contributed by atoms with Crippen LogP contribution in [0.3, 0.4) is 0 Å². The molecule has 0 radical (unpaired) electrons. The summed E-state index contributed by atoms with van der Waals surface area (Å²) in [5.74, 6) is 6.91. The highest BCUT2D eigenvalue weighted by Crippen LogP contribution is 2.09. The summed E-state index contributed by atoms with van der Waals surface area (Å²) >= 11 is 5.85. The third-order valence-corrected chi connectivity index (χ3v) is 2.87. The van der Waals surface area contributed by atoms with E-state index in [1.807, 2.05) is 36.7 Å². The van der Waals surface area contributed by atoms with Gasteiger partial charge < -0.3 is 12.4 Å². The molecule has 1 aromatic heterocycles. The zero-order valence-electron chi connectivity index (χ0n) is 9.61. The fraction of sp³-hybridized carbons (Fsp3) is 0.250. The van der Waals surface area contributed by atoms with Crippen molar-refractivity contribution >= 4 is 11.6 Å². The van der Waals surface area contributed by atoms with Crippen molar-refractivity contribution in [2.24, 2.45) is 0 Å². The van der Waals surface area contributed by atoms with E-state index < -0.39 is 0 Å². The van der Waals surface area contributed by atoms with Crippen LogP contribution in [0.15, 0.2) is 36.7 Å². The Morgan fingerprint density at radius 2 is 1.94 bits per heavy atom. The molecule has 0 saturated carbocycles. The highest BCUT2D eigenvalue weighted by atomic mass is 35.5. The minimum atomic E-state index is 0. The maximum Gasteiger partial charge on any atom is 0.279 e. The zero-order valence-corrected chi connectivity index (χ0v) is 11.1. The van der Waals surface area contributed by atoms with Crippen LogP contribution in [0, 0.1) is 0 Å². The summed E-state index contributed by atoms with van der Waals surface area (Å²) in [7, 11) is 0. The molecule has 1 aromatic carbocycles. The van der Waals surface area contributed by atoms with Crippen LogP contribution in [-0.2, 0) is 13.0 Å². The van der Waals surface area contributed by atoms with E-state index in [1.165, 1.54) is 5.56 Å². The van der Waals surface area contributed by atoms with Crippen molar-refractivity contribution in [3.8, 4) is 0 Å². The fourth-order valence-corrected chi connectivity index (χ4v) is 1.91. The molecular formula is C12H15Cl2N3. The first-order valence-electron chi connectivity index (χ1n) is 5.30. The predicted molar refractivity (Wildman–Crippen MR) is 64.7 cm³/mol. The number of hydrogen-bond acceptors (Lipinski definition) is 1. The Kier molecular flexibility index (Phi) is 4.85. The van der Waals surface area contributed by atoms with E-state index in [0.717, 1.165) is 23.8 Å². The smallest absolute Gasteiger partial charge is 0.279 e. The molecule has 0 aliphatic carbocycles. The monoisotopic (exact) mass is 271 g/mol. The average Bonchev–Trinajstić information content (AvgIpc) is 2.63. The first-order valence-corrected chi connectivity index (χ1v) is 5.67. The van der Waals surface area contributed by atoms with Crippen LogP contribution in [-0.4, -0.2) is 4.68 Å². The molecule has 0 aliphatic heterocycles. The second kappa shape index (κ2) is 5.94. The number of benzene rings is 1. The quantitative estimate of drug-likeness (QED) is 0.550. The van der Waals surface area contributed by atoms with Gasteiger partial charge >= 0.3 is 0 Å². The van der Waals surface area contributed by atoms with Gasteiger partial charge in [0.05, 0.1) is 0 Å². The highest BCUT2D eigenvalue weighted by Gasteiger charge is 2.12. The number of nitrogen functional groups attached to an aromatic ring is 1. The lowest BCUT2D eigenvalue weighted by molar-refractivity contribution is -0.695. The number of imidazole rings is 1. The lowest BCUT2D eigenvalue weighted by Crippen LogP contribution is -3.00. The fourth-order valence-electron chi connectivity index (χ4n) is 1.79. The standard InChI is InChI=1S/C12H15ClN3.ClH/c1-2-12-15(7-8-16(12)14)9-10-3-5-11(13)6-4-10;/h3-8H,2,9,14H2,1H3;1H/q+1;/p-1. The number of halogens is 2. The van der Waals surface area contributed by atoms with E-state index in [1.54, 1.807) is 4.68 Å². The number of rotatable bonds is 3. The largest absolute Gasteiger partial charge is 1.00 e. The van der Waals surface area contributed by atoms with Crippen LogP contribution < -0.4 is 22.8 Å². The number of hydrogen-bond donors (Lipinski definition) is 1. The topological polar surface area (TPSA) is 34.8 Å². The van der Waals surface area contributed by atoms with Crippen molar-refractivity contribution in [1.82, 2.24) is 4.68 Å². The van der Waals surface area contributed by atoms with Crippen LogP contribution in [0.2, 0.25) is 5.02 Å². The van der Waals surface area contributed by atoms with Crippen molar-refractivity contribution in [2.75, 3.05) is 5.84 Å². The van der Waals surface area contributed by atoms with Gasteiger partial charge in [0.1, 0.15) is 12.7 Å². The normalized spacial score (nSPS) is 10.0. The van der Waals surface area contributed by atoms with Crippen molar-refractivity contribution in [2.45, 2.75) is 19.9 Å². The maximum absolute atomic E-state index is 5.85. The summed E-state index contributed by atoms with van der Waals surface area (Å²) in [6.45, 7) is 2.92. The second-order valence-corrected chi connectivity index (χ2v) is 4.17. The molecule has 0 amide bonds. The lowest BCUT2D eigenvalue weighted by Gasteiger charge is -2.01. The van der Waals surface area contributed by atoms with Gasteiger partial charge in [0, 0.05) is 11.4 Å². The third-order valence-electron chi connectivity index (χ3n) is 2.62. The summed E-state index contributed by atoms with van der Waals surface area (Å²) in [5, 5.41) is 0.765. The van der Waals surface area contributed by atoms with Gasteiger partial charge in [0.25, 0.3) is 5.82 Å². The zero-order chi connectivity index (χ0) is 11.5. The summed E-state index contributed by atoms with van der Waals surface area (Å²) in [5.41, 5.74) is 1.22. The van der Waals surface area contributed by atoms with Crippen LogP contribution in [0.5, 0.6) is 0 Å². The SMILES string of the molecule is CCc1n(N)cc[n+]1Cc1ccc(Cl)cc1.[Cl-]. The van der Waals surface area contributed by atoms with Gasteiger partial charge in [-0.2, -0.15) is 0 Å². The average molecular weight is 272 g/mol. The Morgan fingerprint density at radius 3 is 2.53 bits per heavy atom. The summed E-state index contributed by atoms with van der Waals surface area (Å²) in [4.78, 5) is 0. The Morgan fingerprint density at radius 1 is 1.29 bits per heavy atom. The molecule has 0 unspecified atom stereocenters. The van der Waals surface area contributed by atoms with Crippen LogP contribution in [0.25, 0.3) is 0 Å². The molecule has 0 aliphatic rings. The highest BCUT2D eigenvalue weighted by molar-refractivity contribution is 6.30. The minimum Gasteiger partial charge on any atom is -1.00 e. The van der Waals surface area contributed by atoms with E-state index in [-0.39, 0.29) is 12.4 Å². The maximum atomic E-state index is 5.85. The van der Waals surface area contributed by atoms with Gasteiger partial charge in [-0.15, -0.1) is 4.68 Å². The molecule has 1 heterocycles. The molecule has 2 rings (SSSR count). The van der Waals surface area contributed by atoms with E-state index in [2.05, 4.69) is 11.5 Å². The molecule has 17 heavy (non-hydrogen) atoms. The van der Waals surface area contributed by atoms with Crippen molar-refractivity contribution in [1.29, 1.82) is 0 Å². The molecule has 2 aromatic rings. The summed E-state index contributed by atoms with van der Waals surface area (Å²) in [6.07, 6.45) is 4.78. The minimum absolute atomic E-state index is 0. The van der Waals surface area contributed by atoms with Gasteiger partial charge in [-0.1, -0.05) is 30.7 Å². The van der Waals surface area contributed by atoms with E-state index in [0.29, 0.717) is 0 Å². The molecule has 92 valence electrons. The Labute approximate surface area is 112 Å². The van der Waals surface area contributed by atoms with Crippen molar-refractivity contribution in [3.05, 3.63) is 53.1 Å². The van der Waals surface area contributed by atoms with Crippen LogP contribution >= 0.6 is 11.6 Å². The molecule has 0 fully saturated rings. The van der Waals surface area contributed by atoms with E-state index in [4.69, 9.17) is 17.4 Å². The molecule has 0 spiro atoms. The Hall–Kier alpha value is -1.19. The van der Waals surface area contributed by atoms with Gasteiger partial charge in [-0.05, 0) is 17.7 Å². The van der Waals surface area contributed by atoms with Crippen LogP contribution in [0.1, 0.15) is 18.3 Å². The molecule has 5 heteroatoms. The van der Waals surface area contributed by atoms with E-state index >= 15 is 0 Å². The number of nitrogens with zero attached hydrogens (tertiary/aromatic N) is 2. The number of nitrogens with two attached hydrogens (primary N) is 1. The van der Waals surface area contributed by atoms with Crippen LogP contribution in [0.4, 0.5) is 0 Å². The summed E-state index contributed by atoms with van der Waals surface area (Å²) in [6, 6.07) is 7.87. The first-order chi connectivity index (χ1) is 7.70. The van der Waals surface area contributed by atoms with Gasteiger partial charge in [0.2, 0.25) is 0 Å². The third kappa shape index (κ3) is 3.14. The molecular weight excluding hydrogens is 257 g/mol. The molecule has 3 nitrogen and oxygen atoms in total. The first kappa shape index (κ1) is 13.9. The Balaban J connectivity index is 0.00000144. The lowest BCUT2D eigenvalue weighted by atomic mass is 10.2. The molecule has 0 saturated heterocycles. The van der Waals surface area contributed by atoms with Gasteiger partial charge in [-0.3, -0.25) is 5.84 Å². The molecule has 0 atom stereocenters. The summed E-state index contributed by atoms with van der Waals surface area (Å²) < 4.78 is 3.80. The molecule has 2 N–H and O–H groups in total. The van der Waals surface area contributed by atoms with Crippen molar-refractivity contribution < 1.29 is 17.0 Å².